The lowest BCUT2D eigenvalue weighted by molar-refractivity contribution is 0.174. The van der Waals surface area contributed by atoms with Crippen LogP contribution in [0.1, 0.15) is 29.3 Å². The maximum atomic E-state index is 5.53. The standard InChI is InChI=1S/C23H26N4O2S/c1-15-2-4-17-20(10-15)30-23-21(17)22(24-13-25-23)27-8-6-26(7-9-27)12-16-3-5-18-19(11-16)29-14-28-18/h3,5,11,13,15H,2,4,6-10,12,14H2,1H3. The number of thiophene rings is 1. The minimum absolute atomic E-state index is 0.329. The zero-order valence-electron chi connectivity index (χ0n) is 17.3. The summed E-state index contributed by atoms with van der Waals surface area (Å²) in [4.78, 5) is 17.0. The van der Waals surface area contributed by atoms with Crippen molar-refractivity contribution in [3.63, 3.8) is 0 Å². The van der Waals surface area contributed by atoms with Gasteiger partial charge in [-0.2, -0.15) is 0 Å². The number of aromatic nitrogens is 2. The number of nitrogens with zero attached hydrogens (tertiary/aromatic N) is 4. The van der Waals surface area contributed by atoms with Crippen LogP contribution in [0.4, 0.5) is 5.82 Å². The molecular formula is C23H26N4O2S. The zero-order valence-corrected chi connectivity index (χ0v) is 18.1. The van der Waals surface area contributed by atoms with E-state index in [9.17, 15) is 0 Å². The van der Waals surface area contributed by atoms with Gasteiger partial charge in [0.25, 0.3) is 0 Å². The predicted molar refractivity (Wildman–Crippen MR) is 119 cm³/mol. The number of aryl methyl sites for hydroxylation is 1. The number of fused-ring (bicyclic) bond motifs is 4. The molecule has 3 aromatic rings. The van der Waals surface area contributed by atoms with Crippen LogP contribution in [-0.2, 0) is 19.4 Å². The topological polar surface area (TPSA) is 50.7 Å². The molecular weight excluding hydrogens is 396 g/mol. The summed E-state index contributed by atoms with van der Waals surface area (Å²) in [5.74, 6) is 3.65. The lowest BCUT2D eigenvalue weighted by atomic mass is 9.89. The van der Waals surface area contributed by atoms with E-state index in [-0.39, 0.29) is 0 Å². The maximum absolute atomic E-state index is 5.53. The quantitative estimate of drug-likeness (QED) is 0.639. The van der Waals surface area contributed by atoms with Crippen LogP contribution in [0.15, 0.2) is 24.5 Å². The second kappa shape index (κ2) is 7.39. The first-order valence-corrected chi connectivity index (χ1v) is 11.7. The van der Waals surface area contributed by atoms with Gasteiger partial charge in [-0.05, 0) is 48.4 Å². The fourth-order valence-corrected chi connectivity index (χ4v) is 6.26. The summed E-state index contributed by atoms with van der Waals surface area (Å²) in [5, 5.41) is 1.33. The van der Waals surface area contributed by atoms with E-state index < -0.39 is 0 Å². The third-order valence-electron chi connectivity index (χ3n) is 6.59. The van der Waals surface area contributed by atoms with E-state index in [0.717, 1.165) is 56.0 Å². The van der Waals surface area contributed by atoms with Crippen LogP contribution in [-0.4, -0.2) is 47.8 Å². The van der Waals surface area contributed by atoms with Crippen molar-refractivity contribution < 1.29 is 9.47 Å². The molecule has 3 aliphatic rings. The molecule has 4 heterocycles. The van der Waals surface area contributed by atoms with Crippen LogP contribution in [0.3, 0.4) is 0 Å². The summed E-state index contributed by atoms with van der Waals surface area (Å²) in [6.45, 7) is 7.69. The summed E-state index contributed by atoms with van der Waals surface area (Å²) >= 11 is 1.88. The van der Waals surface area contributed by atoms with Crippen molar-refractivity contribution in [2.24, 2.45) is 5.92 Å². The number of hydrogen-bond acceptors (Lipinski definition) is 7. The summed E-state index contributed by atoms with van der Waals surface area (Å²) in [7, 11) is 0. The molecule has 0 saturated carbocycles. The highest BCUT2D eigenvalue weighted by Crippen LogP contribution is 2.40. The number of hydrogen-bond donors (Lipinski definition) is 0. The molecule has 2 aliphatic heterocycles. The number of ether oxygens (including phenoxy) is 2. The highest BCUT2D eigenvalue weighted by molar-refractivity contribution is 7.19. The van der Waals surface area contributed by atoms with Crippen LogP contribution in [0.5, 0.6) is 11.5 Å². The van der Waals surface area contributed by atoms with Crippen LogP contribution >= 0.6 is 11.3 Å². The fraction of sp³-hybridized carbons (Fsp3) is 0.478. The molecule has 156 valence electrons. The zero-order chi connectivity index (χ0) is 20.1. The molecule has 0 spiro atoms. The van der Waals surface area contributed by atoms with Gasteiger partial charge in [0.2, 0.25) is 6.79 Å². The van der Waals surface area contributed by atoms with Crippen LogP contribution in [0.2, 0.25) is 0 Å². The average molecular weight is 423 g/mol. The summed E-state index contributed by atoms with van der Waals surface area (Å²) in [5.41, 5.74) is 2.80. The monoisotopic (exact) mass is 422 g/mol. The Balaban J connectivity index is 1.19. The third kappa shape index (κ3) is 3.20. The summed E-state index contributed by atoms with van der Waals surface area (Å²) in [6, 6.07) is 6.28. The van der Waals surface area contributed by atoms with E-state index in [2.05, 4.69) is 33.8 Å². The van der Waals surface area contributed by atoms with E-state index in [1.54, 1.807) is 6.33 Å². The largest absolute Gasteiger partial charge is 0.454 e. The van der Waals surface area contributed by atoms with Gasteiger partial charge >= 0.3 is 0 Å². The lowest BCUT2D eigenvalue weighted by Crippen LogP contribution is -2.46. The third-order valence-corrected chi connectivity index (χ3v) is 7.75. The predicted octanol–water partition coefficient (Wildman–Crippen LogP) is 3.87. The van der Waals surface area contributed by atoms with Gasteiger partial charge in [-0.3, -0.25) is 4.90 Å². The van der Waals surface area contributed by atoms with Gasteiger partial charge in [0.05, 0.1) is 5.39 Å². The lowest BCUT2D eigenvalue weighted by Gasteiger charge is -2.35. The molecule has 1 aliphatic carbocycles. The molecule has 0 bridgehead atoms. The molecule has 30 heavy (non-hydrogen) atoms. The van der Waals surface area contributed by atoms with E-state index in [1.165, 1.54) is 45.5 Å². The Morgan fingerprint density at radius 1 is 1.10 bits per heavy atom. The van der Waals surface area contributed by atoms with Gasteiger partial charge in [-0.15, -0.1) is 11.3 Å². The first-order chi connectivity index (χ1) is 14.7. The summed E-state index contributed by atoms with van der Waals surface area (Å²) < 4.78 is 11.0. The van der Waals surface area contributed by atoms with E-state index >= 15 is 0 Å². The Morgan fingerprint density at radius 2 is 1.97 bits per heavy atom. The smallest absolute Gasteiger partial charge is 0.231 e. The van der Waals surface area contributed by atoms with Crippen molar-refractivity contribution in [3.8, 4) is 11.5 Å². The van der Waals surface area contributed by atoms with Crippen molar-refractivity contribution in [2.45, 2.75) is 32.7 Å². The van der Waals surface area contributed by atoms with Crippen LogP contribution in [0, 0.1) is 5.92 Å². The van der Waals surface area contributed by atoms with Gasteiger partial charge < -0.3 is 14.4 Å². The molecule has 1 saturated heterocycles. The van der Waals surface area contributed by atoms with Gasteiger partial charge in [-0.1, -0.05) is 13.0 Å². The SMILES string of the molecule is CC1CCc2c(sc3ncnc(N4CCN(Cc5ccc6c(c5)OCO6)CC4)c23)C1. The number of piperazine rings is 1. The van der Waals surface area contributed by atoms with Gasteiger partial charge in [-0.25, -0.2) is 9.97 Å². The second-order valence-corrected chi connectivity index (χ2v) is 9.76. The van der Waals surface area contributed by atoms with E-state index in [0.29, 0.717) is 6.79 Å². The van der Waals surface area contributed by atoms with Crippen molar-refractivity contribution in [1.82, 2.24) is 14.9 Å². The van der Waals surface area contributed by atoms with E-state index in [4.69, 9.17) is 14.5 Å². The van der Waals surface area contributed by atoms with Crippen molar-refractivity contribution in [2.75, 3.05) is 37.9 Å². The molecule has 1 fully saturated rings. The first-order valence-electron chi connectivity index (χ1n) is 10.9. The first kappa shape index (κ1) is 18.4. The fourth-order valence-electron chi connectivity index (χ4n) is 4.91. The number of rotatable bonds is 3. The highest BCUT2D eigenvalue weighted by atomic mass is 32.1. The molecule has 6 nitrogen and oxygen atoms in total. The molecule has 1 atom stereocenters. The molecule has 0 radical (unpaired) electrons. The molecule has 0 N–H and O–H groups in total. The van der Waals surface area contributed by atoms with Gasteiger partial charge in [0.15, 0.2) is 11.5 Å². The molecule has 1 unspecified atom stereocenters. The minimum Gasteiger partial charge on any atom is -0.454 e. The normalized spacial score (nSPS) is 21.2. The summed E-state index contributed by atoms with van der Waals surface area (Å²) in [6.07, 6.45) is 5.39. The Hall–Kier alpha value is -2.38. The molecule has 2 aromatic heterocycles. The van der Waals surface area contributed by atoms with Crippen molar-refractivity contribution >= 4 is 27.4 Å². The van der Waals surface area contributed by atoms with Crippen LogP contribution in [0.25, 0.3) is 10.2 Å². The van der Waals surface area contributed by atoms with Crippen molar-refractivity contribution in [1.29, 1.82) is 0 Å². The molecule has 6 rings (SSSR count). The maximum Gasteiger partial charge on any atom is 0.231 e. The number of benzene rings is 1. The van der Waals surface area contributed by atoms with Crippen LogP contribution < -0.4 is 14.4 Å². The molecule has 7 heteroatoms. The second-order valence-electron chi connectivity index (χ2n) is 8.68. The van der Waals surface area contributed by atoms with Gasteiger partial charge in [0.1, 0.15) is 17.0 Å². The Labute approximate surface area is 180 Å². The number of anilines is 1. The Bertz CT molecular complexity index is 1090. The highest BCUT2D eigenvalue weighted by Gasteiger charge is 2.26. The molecule has 0 amide bonds. The van der Waals surface area contributed by atoms with Gasteiger partial charge in [0, 0.05) is 37.6 Å². The Kier molecular flexibility index (Phi) is 4.53. The average Bonchev–Trinajstić information content (AvgIpc) is 3.37. The molecule has 1 aromatic carbocycles. The Morgan fingerprint density at radius 3 is 2.87 bits per heavy atom. The minimum atomic E-state index is 0.329. The van der Waals surface area contributed by atoms with E-state index in [1.807, 2.05) is 17.4 Å². The van der Waals surface area contributed by atoms with Crippen molar-refractivity contribution in [3.05, 3.63) is 40.5 Å².